The first-order chi connectivity index (χ1) is 16.2. The number of hydrogen-bond acceptors (Lipinski definition) is 9. The van der Waals surface area contributed by atoms with Crippen molar-refractivity contribution >= 4 is 23.7 Å². The first kappa shape index (κ1) is 22.9. The Morgan fingerprint density at radius 3 is 2.34 bits per heavy atom. The van der Waals surface area contributed by atoms with Crippen LogP contribution in [0, 0.1) is 28.1 Å². The highest BCUT2D eigenvalue weighted by molar-refractivity contribution is 5.96. The van der Waals surface area contributed by atoms with E-state index in [1.54, 1.807) is 0 Å². The van der Waals surface area contributed by atoms with Gasteiger partial charge in [0.25, 0.3) is 0 Å². The highest BCUT2D eigenvalue weighted by Crippen LogP contribution is 2.77. The molecule has 6 aliphatic rings. The van der Waals surface area contributed by atoms with Crippen LogP contribution in [0.5, 0.6) is 0 Å². The number of Topliss-reactive ketones (excluding diaryl/α,β-unsaturated/α-hetero) is 1. The van der Waals surface area contributed by atoms with Crippen LogP contribution in [-0.4, -0.2) is 58.5 Å². The first-order valence-electron chi connectivity index (χ1n) is 12.2. The number of carbonyl (C=O) groups excluding carboxylic acids is 4. The third-order valence-corrected chi connectivity index (χ3v) is 10.2. The fourth-order valence-corrected chi connectivity index (χ4v) is 8.67. The van der Waals surface area contributed by atoms with Gasteiger partial charge in [0.05, 0.1) is 11.0 Å². The molecule has 0 bridgehead atoms. The number of ether oxygens (including phenoxy) is 4. The number of hydrogen-bond donors (Lipinski definition) is 1. The number of carbonyl (C=O) groups is 4. The Kier molecular flexibility index (Phi) is 4.20. The van der Waals surface area contributed by atoms with Crippen molar-refractivity contribution in [2.24, 2.45) is 28.1 Å². The van der Waals surface area contributed by atoms with Crippen molar-refractivity contribution < 1.29 is 43.2 Å². The Morgan fingerprint density at radius 1 is 0.971 bits per heavy atom. The molecule has 2 saturated carbocycles. The lowest BCUT2D eigenvalue weighted by Gasteiger charge is -2.64. The minimum atomic E-state index is -1.41. The number of ketones is 1. The minimum Gasteiger partial charge on any atom is -0.456 e. The van der Waals surface area contributed by atoms with Gasteiger partial charge in [0, 0.05) is 23.8 Å². The van der Waals surface area contributed by atoms with Crippen molar-refractivity contribution in [3.8, 4) is 0 Å². The van der Waals surface area contributed by atoms with Crippen molar-refractivity contribution in [1.29, 1.82) is 0 Å². The minimum absolute atomic E-state index is 0.0470. The predicted molar refractivity (Wildman–Crippen MR) is 117 cm³/mol. The molecule has 35 heavy (non-hydrogen) atoms. The topological polar surface area (TPSA) is 129 Å². The molecule has 1 spiro atoms. The number of aliphatic hydroxyl groups excluding tert-OH is 1. The summed E-state index contributed by atoms with van der Waals surface area (Å²) in [5.74, 6) is -2.36. The van der Waals surface area contributed by atoms with E-state index in [9.17, 15) is 24.3 Å². The summed E-state index contributed by atoms with van der Waals surface area (Å²) in [6, 6.07) is 0. The summed E-state index contributed by atoms with van der Waals surface area (Å²) in [4.78, 5) is 52.2. The second-order valence-electron chi connectivity index (χ2n) is 12.1. The molecule has 2 aliphatic carbocycles. The van der Waals surface area contributed by atoms with Crippen LogP contribution in [0.3, 0.4) is 0 Å². The average Bonchev–Trinajstić information content (AvgIpc) is 3.47. The van der Waals surface area contributed by atoms with Crippen molar-refractivity contribution in [1.82, 2.24) is 0 Å². The van der Waals surface area contributed by atoms with Crippen LogP contribution in [0.15, 0.2) is 23.8 Å². The van der Waals surface area contributed by atoms with Crippen LogP contribution in [0.25, 0.3) is 0 Å². The second-order valence-corrected chi connectivity index (χ2v) is 12.1. The fourth-order valence-electron chi connectivity index (χ4n) is 8.67. The molecule has 188 valence electrons. The lowest BCUT2D eigenvalue weighted by molar-refractivity contribution is -0.211. The van der Waals surface area contributed by atoms with E-state index < -0.39 is 63.9 Å². The summed E-state index contributed by atoms with van der Waals surface area (Å²) in [6.45, 7) is 9.52. The molecule has 4 aliphatic heterocycles. The molecule has 9 heteroatoms. The summed E-state index contributed by atoms with van der Waals surface area (Å²) in [7, 11) is 0. The predicted octanol–water partition coefficient (Wildman–Crippen LogP) is 1.76. The van der Waals surface area contributed by atoms with Gasteiger partial charge in [-0.05, 0) is 51.0 Å². The van der Waals surface area contributed by atoms with E-state index in [0.29, 0.717) is 12.8 Å². The van der Waals surface area contributed by atoms with Gasteiger partial charge in [0.15, 0.2) is 6.10 Å². The normalized spacial score (nSPS) is 51.5. The van der Waals surface area contributed by atoms with E-state index in [-0.39, 0.29) is 29.6 Å². The number of aliphatic hydroxyl groups is 1. The Labute approximate surface area is 202 Å². The molecule has 6 rings (SSSR count). The van der Waals surface area contributed by atoms with E-state index in [0.717, 1.165) is 0 Å². The Balaban J connectivity index is 1.51. The number of fused-ring (bicyclic) bond motifs is 3. The molecule has 9 nitrogen and oxygen atoms in total. The molecule has 1 N–H and O–H groups in total. The Bertz CT molecular complexity index is 1150. The standard InChI is InChI=1S/C26H30O9/c1-22(2)14-11-15(27)25(5)13(23(14,3)8-7-16(28)34-22)6-9-24(4)18(12-10-17(29)32-20(12)30)33-21(31)19-26(24,25)35-19/h7-8,10,13-14,17-19,29H,6,9,11H2,1-5H3/t13-,14+,17?,18?,19?,23-,24+,25+,26-/m1/s1. The van der Waals surface area contributed by atoms with Gasteiger partial charge in [0.2, 0.25) is 6.29 Å². The van der Waals surface area contributed by atoms with Crippen LogP contribution in [0.4, 0.5) is 0 Å². The highest BCUT2D eigenvalue weighted by Gasteiger charge is 2.88. The molecule has 0 aromatic heterocycles. The zero-order chi connectivity index (χ0) is 25.3. The van der Waals surface area contributed by atoms with Gasteiger partial charge in [-0.25, -0.2) is 14.4 Å². The van der Waals surface area contributed by atoms with Crippen LogP contribution in [0.1, 0.15) is 53.9 Å². The number of epoxide rings is 1. The van der Waals surface area contributed by atoms with Gasteiger partial charge in [-0.1, -0.05) is 19.9 Å². The maximum absolute atomic E-state index is 14.2. The highest BCUT2D eigenvalue weighted by atomic mass is 16.7. The summed E-state index contributed by atoms with van der Waals surface area (Å²) >= 11 is 0. The SMILES string of the molecule is CC1(C)OC(=O)C=C[C@]2(C)[C@H]3CC[C@@]4(C)C(C5=CC(O)OC5=O)OC(=O)C5O[C@]54[C@]3(C)C(=O)C[C@@H]12. The largest absolute Gasteiger partial charge is 0.456 e. The van der Waals surface area contributed by atoms with E-state index in [1.165, 1.54) is 12.2 Å². The molecule has 3 unspecified atom stereocenters. The molecule has 0 radical (unpaired) electrons. The third kappa shape index (κ3) is 2.46. The van der Waals surface area contributed by atoms with Crippen molar-refractivity contribution in [3.05, 3.63) is 23.8 Å². The summed E-state index contributed by atoms with van der Waals surface area (Å²) < 4.78 is 22.6. The van der Waals surface area contributed by atoms with Crippen molar-refractivity contribution in [2.45, 2.75) is 83.6 Å². The summed E-state index contributed by atoms with van der Waals surface area (Å²) in [5.41, 5.74) is -4.53. The quantitative estimate of drug-likeness (QED) is 0.335. The molecule has 0 aromatic rings. The second kappa shape index (κ2) is 6.42. The van der Waals surface area contributed by atoms with Crippen molar-refractivity contribution in [2.75, 3.05) is 0 Å². The number of allylic oxidation sites excluding steroid dienone is 1. The van der Waals surface area contributed by atoms with Crippen LogP contribution in [0.2, 0.25) is 0 Å². The van der Waals surface area contributed by atoms with E-state index in [1.807, 2.05) is 33.8 Å². The maximum Gasteiger partial charge on any atom is 0.340 e. The summed E-state index contributed by atoms with van der Waals surface area (Å²) in [5, 5.41) is 9.87. The molecule has 0 amide bonds. The zero-order valence-corrected chi connectivity index (χ0v) is 20.5. The molecule has 4 heterocycles. The van der Waals surface area contributed by atoms with Crippen LogP contribution in [-0.2, 0) is 38.1 Å². The van der Waals surface area contributed by atoms with Gasteiger partial charge in [-0.2, -0.15) is 0 Å². The molecule has 4 fully saturated rings. The lowest BCUT2D eigenvalue weighted by Crippen LogP contribution is -2.72. The number of rotatable bonds is 1. The number of cyclic esters (lactones) is 3. The zero-order valence-electron chi connectivity index (χ0n) is 20.5. The Morgan fingerprint density at radius 2 is 1.69 bits per heavy atom. The van der Waals surface area contributed by atoms with E-state index in [4.69, 9.17) is 18.9 Å². The molecule has 9 atom stereocenters. The van der Waals surface area contributed by atoms with E-state index >= 15 is 0 Å². The smallest absolute Gasteiger partial charge is 0.340 e. The van der Waals surface area contributed by atoms with Gasteiger partial charge in [0.1, 0.15) is 23.1 Å². The van der Waals surface area contributed by atoms with Crippen LogP contribution >= 0.6 is 0 Å². The van der Waals surface area contributed by atoms with Crippen molar-refractivity contribution in [3.63, 3.8) is 0 Å². The van der Waals surface area contributed by atoms with Gasteiger partial charge >= 0.3 is 17.9 Å². The van der Waals surface area contributed by atoms with Gasteiger partial charge in [-0.15, -0.1) is 0 Å². The number of esters is 3. The molecular formula is C26H30O9. The molecular weight excluding hydrogens is 456 g/mol. The van der Waals surface area contributed by atoms with Gasteiger partial charge in [-0.3, -0.25) is 4.79 Å². The molecule has 2 saturated heterocycles. The average molecular weight is 487 g/mol. The maximum atomic E-state index is 14.2. The monoisotopic (exact) mass is 486 g/mol. The Hall–Kier alpha value is -2.52. The van der Waals surface area contributed by atoms with Gasteiger partial charge < -0.3 is 24.1 Å². The van der Waals surface area contributed by atoms with Crippen LogP contribution < -0.4 is 0 Å². The fraction of sp³-hybridized carbons (Fsp3) is 0.692. The molecule has 0 aromatic carbocycles. The lowest BCUT2D eigenvalue weighted by atomic mass is 9.37. The summed E-state index contributed by atoms with van der Waals surface area (Å²) in [6.07, 6.45) is 2.48. The first-order valence-corrected chi connectivity index (χ1v) is 12.2. The van der Waals surface area contributed by atoms with E-state index in [2.05, 4.69) is 6.92 Å². The third-order valence-electron chi connectivity index (χ3n) is 10.2.